The molecule has 0 bridgehead atoms. The van der Waals surface area contributed by atoms with Crippen molar-refractivity contribution in [3.05, 3.63) is 18.2 Å². The van der Waals surface area contributed by atoms with Gasteiger partial charge in [-0.15, -0.1) is 0 Å². The summed E-state index contributed by atoms with van der Waals surface area (Å²) in [5.41, 5.74) is 0. The van der Waals surface area contributed by atoms with Gasteiger partial charge in [-0.3, -0.25) is 4.57 Å². The first-order valence-corrected chi connectivity index (χ1v) is 3.50. The van der Waals surface area contributed by atoms with Gasteiger partial charge in [-0.25, -0.2) is 4.79 Å². The van der Waals surface area contributed by atoms with Gasteiger partial charge in [-0.05, 0) is 0 Å². The third kappa shape index (κ3) is 2.02. The minimum absolute atomic E-state index is 0.155. The van der Waals surface area contributed by atoms with Crippen LogP contribution in [0.4, 0.5) is 0 Å². The number of carbonyl (C=O) groups excluding carboxylic acids is 1. The number of aromatic nitrogens is 1. The van der Waals surface area contributed by atoms with Crippen LogP contribution in [0.2, 0.25) is 0 Å². The molecule has 1 aromatic rings. The van der Waals surface area contributed by atoms with Gasteiger partial charge >= 0.3 is 5.97 Å². The van der Waals surface area contributed by atoms with Crippen molar-refractivity contribution in [2.45, 2.75) is 0 Å². The molecule has 0 fully saturated rings. The molecule has 0 aliphatic carbocycles. The van der Waals surface area contributed by atoms with Crippen molar-refractivity contribution in [2.24, 2.45) is 0 Å². The molecule has 2 N–H and O–H groups in total. The van der Waals surface area contributed by atoms with Crippen molar-refractivity contribution in [1.82, 2.24) is 4.57 Å². The number of nitrogens with zero attached hydrogens (tertiary/aromatic N) is 1. The maximum atomic E-state index is 10.6. The van der Waals surface area contributed by atoms with E-state index in [9.17, 15) is 4.79 Å². The molecule has 5 heteroatoms. The number of esters is 1. The first kappa shape index (κ1) is 9.18. The SMILES string of the molecule is COC(=O)C=Cn1c(O)ccc1O. The second-order valence-corrected chi connectivity index (χ2v) is 2.26. The molecular weight excluding hydrogens is 174 g/mol. The normalized spacial score (nSPS) is 10.5. The molecule has 0 aromatic carbocycles. The minimum Gasteiger partial charge on any atom is -0.494 e. The fourth-order valence-electron chi connectivity index (χ4n) is 0.783. The molecule has 1 heterocycles. The molecule has 0 amide bonds. The number of hydrogen-bond donors (Lipinski definition) is 2. The van der Waals surface area contributed by atoms with Crippen LogP contribution in [0.5, 0.6) is 11.8 Å². The van der Waals surface area contributed by atoms with E-state index in [0.29, 0.717) is 0 Å². The predicted octanol–water partition coefficient (Wildman–Crippen LogP) is 0.543. The Morgan fingerprint density at radius 2 is 2.00 bits per heavy atom. The summed E-state index contributed by atoms with van der Waals surface area (Å²) in [6.45, 7) is 0. The Labute approximate surface area is 74.5 Å². The largest absolute Gasteiger partial charge is 0.494 e. The van der Waals surface area contributed by atoms with Gasteiger partial charge in [0.25, 0.3) is 0 Å². The van der Waals surface area contributed by atoms with Gasteiger partial charge in [-0.1, -0.05) is 0 Å². The van der Waals surface area contributed by atoms with Crippen LogP contribution >= 0.6 is 0 Å². The quantitative estimate of drug-likeness (QED) is 0.518. The lowest BCUT2D eigenvalue weighted by molar-refractivity contribution is -0.134. The first-order valence-electron chi connectivity index (χ1n) is 3.50. The van der Waals surface area contributed by atoms with E-state index in [0.717, 1.165) is 10.6 Å². The van der Waals surface area contributed by atoms with E-state index in [1.54, 1.807) is 0 Å². The lowest BCUT2D eigenvalue weighted by Crippen LogP contribution is -1.95. The highest BCUT2D eigenvalue weighted by Gasteiger charge is 2.02. The first-order chi connectivity index (χ1) is 6.15. The molecule has 70 valence electrons. The van der Waals surface area contributed by atoms with Crippen LogP contribution in [0.25, 0.3) is 6.20 Å². The summed E-state index contributed by atoms with van der Waals surface area (Å²) in [6, 6.07) is 2.61. The zero-order valence-electron chi connectivity index (χ0n) is 6.97. The summed E-state index contributed by atoms with van der Waals surface area (Å²) >= 11 is 0. The van der Waals surface area contributed by atoms with Crippen molar-refractivity contribution >= 4 is 12.2 Å². The molecule has 0 spiro atoms. The Morgan fingerprint density at radius 3 is 2.46 bits per heavy atom. The Morgan fingerprint density at radius 1 is 1.46 bits per heavy atom. The minimum atomic E-state index is -0.562. The number of methoxy groups -OCH3 is 1. The highest BCUT2D eigenvalue weighted by atomic mass is 16.5. The molecule has 1 aromatic heterocycles. The van der Waals surface area contributed by atoms with Gasteiger partial charge in [0.15, 0.2) is 11.8 Å². The van der Waals surface area contributed by atoms with E-state index >= 15 is 0 Å². The predicted molar refractivity (Wildman–Crippen MR) is 45.1 cm³/mol. The van der Waals surface area contributed by atoms with E-state index in [4.69, 9.17) is 10.2 Å². The molecule has 13 heavy (non-hydrogen) atoms. The molecule has 0 saturated carbocycles. The van der Waals surface area contributed by atoms with Crippen LogP contribution in [-0.2, 0) is 9.53 Å². The van der Waals surface area contributed by atoms with Crippen LogP contribution in [0.15, 0.2) is 18.2 Å². The number of rotatable bonds is 2. The molecule has 0 atom stereocenters. The topological polar surface area (TPSA) is 71.7 Å². The van der Waals surface area contributed by atoms with Crippen LogP contribution < -0.4 is 0 Å². The molecule has 0 aliphatic heterocycles. The summed E-state index contributed by atoms with van der Waals surface area (Å²) in [7, 11) is 1.24. The van der Waals surface area contributed by atoms with Gasteiger partial charge in [0.2, 0.25) is 0 Å². The van der Waals surface area contributed by atoms with Gasteiger partial charge < -0.3 is 14.9 Å². The smallest absolute Gasteiger partial charge is 0.331 e. The van der Waals surface area contributed by atoms with E-state index < -0.39 is 5.97 Å². The Kier molecular flexibility index (Phi) is 2.59. The molecule has 0 radical (unpaired) electrons. The van der Waals surface area contributed by atoms with E-state index in [1.165, 1.54) is 25.4 Å². The van der Waals surface area contributed by atoms with E-state index in [1.807, 2.05) is 0 Å². The summed E-state index contributed by atoms with van der Waals surface area (Å²) in [5.74, 6) is -0.872. The zero-order chi connectivity index (χ0) is 9.84. The van der Waals surface area contributed by atoms with Crippen LogP contribution in [-0.4, -0.2) is 27.9 Å². The van der Waals surface area contributed by atoms with Crippen molar-refractivity contribution < 1.29 is 19.7 Å². The molecule has 5 nitrogen and oxygen atoms in total. The third-order valence-electron chi connectivity index (χ3n) is 1.44. The van der Waals surface area contributed by atoms with E-state index in [2.05, 4.69) is 4.74 Å². The highest BCUT2D eigenvalue weighted by molar-refractivity contribution is 5.85. The highest BCUT2D eigenvalue weighted by Crippen LogP contribution is 2.20. The number of aromatic hydroxyl groups is 2. The third-order valence-corrected chi connectivity index (χ3v) is 1.44. The summed E-state index contributed by atoms with van der Waals surface area (Å²) < 4.78 is 5.36. The molecule has 0 saturated heterocycles. The summed E-state index contributed by atoms with van der Waals surface area (Å²) in [6.07, 6.45) is 2.29. The maximum absolute atomic E-state index is 10.6. The van der Waals surface area contributed by atoms with Crippen molar-refractivity contribution in [2.75, 3.05) is 7.11 Å². The van der Waals surface area contributed by atoms with Gasteiger partial charge in [-0.2, -0.15) is 0 Å². The van der Waals surface area contributed by atoms with Crippen LogP contribution in [0, 0.1) is 0 Å². The second kappa shape index (κ2) is 3.66. The number of carbonyl (C=O) groups is 1. The average Bonchev–Trinajstić information content (AvgIpc) is 2.43. The summed E-state index contributed by atoms with van der Waals surface area (Å²) in [4.78, 5) is 10.6. The van der Waals surface area contributed by atoms with Crippen LogP contribution in [0.1, 0.15) is 0 Å². The van der Waals surface area contributed by atoms with Gasteiger partial charge in [0.1, 0.15) is 0 Å². The fraction of sp³-hybridized carbons (Fsp3) is 0.125. The number of hydrogen-bond acceptors (Lipinski definition) is 4. The molecule has 0 aliphatic rings. The zero-order valence-corrected chi connectivity index (χ0v) is 6.97. The van der Waals surface area contributed by atoms with E-state index in [-0.39, 0.29) is 11.8 Å². The van der Waals surface area contributed by atoms with Gasteiger partial charge in [0.05, 0.1) is 7.11 Å². The molecular formula is C8H9NO4. The second-order valence-electron chi connectivity index (χ2n) is 2.26. The Balaban J connectivity index is 2.85. The average molecular weight is 183 g/mol. The molecule has 1 rings (SSSR count). The Hall–Kier alpha value is -1.91. The molecule has 0 unspecified atom stereocenters. The van der Waals surface area contributed by atoms with Crippen LogP contribution in [0.3, 0.4) is 0 Å². The fourth-order valence-corrected chi connectivity index (χ4v) is 0.783. The number of ether oxygens (including phenoxy) is 1. The Bertz CT molecular complexity index is 320. The maximum Gasteiger partial charge on any atom is 0.331 e. The summed E-state index contributed by atoms with van der Waals surface area (Å²) in [5, 5.41) is 18.2. The standard InChI is InChI=1S/C8H9NO4/c1-13-8(12)4-5-9-6(10)2-3-7(9)11/h2-5,10-11H,1H3. The monoisotopic (exact) mass is 183 g/mol. The van der Waals surface area contributed by atoms with Crippen molar-refractivity contribution in [1.29, 1.82) is 0 Å². The van der Waals surface area contributed by atoms with Crippen molar-refractivity contribution in [3.8, 4) is 11.8 Å². The lowest BCUT2D eigenvalue weighted by atomic mass is 10.6. The lowest BCUT2D eigenvalue weighted by Gasteiger charge is -1.97. The van der Waals surface area contributed by atoms with Gasteiger partial charge in [0, 0.05) is 24.4 Å². The van der Waals surface area contributed by atoms with Crippen molar-refractivity contribution in [3.63, 3.8) is 0 Å².